The van der Waals surface area contributed by atoms with Crippen molar-refractivity contribution in [1.82, 2.24) is 4.90 Å². The first-order valence-corrected chi connectivity index (χ1v) is 6.53. The summed E-state index contributed by atoms with van der Waals surface area (Å²) in [6.45, 7) is 2.43. The maximum atomic E-state index is 11.3. The van der Waals surface area contributed by atoms with E-state index in [9.17, 15) is 9.90 Å². The van der Waals surface area contributed by atoms with Crippen molar-refractivity contribution in [3.05, 3.63) is 59.3 Å². The third kappa shape index (κ3) is 2.11. The van der Waals surface area contributed by atoms with Crippen molar-refractivity contribution in [2.75, 3.05) is 6.54 Å². The van der Waals surface area contributed by atoms with E-state index in [0.717, 1.165) is 5.56 Å². The molecule has 1 aromatic rings. The molecule has 2 aliphatic heterocycles. The van der Waals surface area contributed by atoms with E-state index in [1.165, 1.54) is 0 Å². The van der Waals surface area contributed by atoms with Crippen molar-refractivity contribution in [3.8, 4) is 6.07 Å². The Kier molecular flexibility index (Phi) is 2.88. The molecule has 2 aliphatic rings. The number of carboxylic acids is 1. The molecule has 3 rings (SSSR count). The van der Waals surface area contributed by atoms with Crippen molar-refractivity contribution in [2.24, 2.45) is 4.99 Å². The SMILES string of the molecule is CC1(c2ccc(C#N)cc2)CN2C(C(=O)O)=CC=CC2=N1. The van der Waals surface area contributed by atoms with Crippen molar-refractivity contribution >= 4 is 11.8 Å². The molecule has 5 heteroatoms. The normalized spacial score (nSPS) is 23.1. The zero-order valence-electron chi connectivity index (χ0n) is 11.4. The maximum Gasteiger partial charge on any atom is 0.352 e. The number of carboxylic acid groups (broad SMARTS) is 1. The van der Waals surface area contributed by atoms with E-state index >= 15 is 0 Å². The van der Waals surface area contributed by atoms with Gasteiger partial charge >= 0.3 is 5.97 Å². The molecule has 1 N–H and O–H groups in total. The van der Waals surface area contributed by atoms with Gasteiger partial charge in [0.2, 0.25) is 0 Å². The number of allylic oxidation sites excluding steroid dienone is 2. The fourth-order valence-corrected chi connectivity index (χ4v) is 2.63. The van der Waals surface area contributed by atoms with Crippen LogP contribution in [0, 0.1) is 11.3 Å². The Hall–Kier alpha value is -2.87. The standard InChI is InChI=1S/C16H13N3O2/c1-16(12-7-5-11(9-17)6-8-12)10-19-13(15(20)21)3-2-4-14(19)18-16/h2-8H,10H2,1H3,(H,20,21). The molecule has 5 nitrogen and oxygen atoms in total. The quantitative estimate of drug-likeness (QED) is 0.898. The van der Waals surface area contributed by atoms with Gasteiger partial charge in [0.1, 0.15) is 17.1 Å². The lowest BCUT2D eigenvalue weighted by Crippen LogP contribution is -2.35. The van der Waals surface area contributed by atoms with Crippen LogP contribution in [0.4, 0.5) is 0 Å². The highest BCUT2D eigenvalue weighted by Gasteiger charge is 2.39. The number of aliphatic imine (C=N–C) groups is 1. The fourth-order valence-electron chi connectivity index (χ4n) is 2.63. The van der Waals surface area contributed by atoms with Crippen molar-refractivity contribution in [3.63, 3.8) is 0 Å². The summed E-state index contributed by atoms with van der Waals surface area (Å²) in [5.74, 6) is -0.308. The number of rotatable bonds is 2. The van der Waals surface area contributed by atoms with Crippen LogP contribution in [0.2, 0.25) is 0 Å². The summed E-state index contributed by atoms with van der Waals surface area (Å²) < 4.78 is 0. The van der Waals surface area contributed by atoms with Crippen LogP contribution in [0.15, 0.2) is 53.2 Å². The Morgan fingerprint density at radius 3 is 2.76 bits per heavy atom. The lowest BCUT2D eigenvalue weighted by molar-refractivity contribution is -0.133. The summed E-state index contributed by atoms with van der Waals surface area (Å²) in [6, 6.07) is 9.33. The van der Waals surface area contributed by atoms with Crippen LogP contribution < -0.4 is 0 Å². The molecule has 104 valence electrons. The van der Waals surface area contributed by atoms with E-state index in [4.69, 9.17) is 5.26 Å². The van der Waals surface area contributed by atoms with Gasteiger partial charge in [-0.3, -0.25) is 4.99 Å². The van der Waals surface area contributed by atoms with Crippen LogP contribution >= 0.6 is 0 Å². The highest BCUT2D eigenvalue weighted by Crippen LogP contribution is 2.35. The number of carbonyl (C=O) groups is 1. The number of fused-ring (bicyclic) bond motifs is 1. The number of nitrogens with zero attached hydrogens (tertiary/aromatic N) is 3. The minimum Gasteiger partial charge on any atom is -0.477 e. The molecule has 0 amide bonds. The summed E-state index contributed by atoms with van der Waals surface area (Å²) in [5.41, 5.74) is 1.26. The smallest absolute Gasteiger partial charge is 0.352 e. The van der Waals surface area contributed by atoms with Gasteiger partial charge in [0.15, 0.2) is 0 Å². The lowest BCUT2D eigenvalue weighted by Gasteiger charge is -2.26. The van der Waals surface area contributed by atoms with E-state index in [2.05, 4.69) is 11.1 Å². The number of nitriles is 1. The summed E-state index contributed by atoms with van der Waals surface area (Å²) in [4.78, 5) is 17.7. The van der Waals surface area contributed by atoms with Gasteiger partial charge in [-0.15, -0.1) is 0 Å². The number of aliphatic carboxylic acids is 1. The van der Waals surface area contributed by atoms with E-state index in [1.807, 2.05) is 19.1 Å². The zero-order chi connectivity index (χ0) is 15.0. The molecule has 0 fully saturated rings. The molecule has 21 heavy (non-hydrogen) atoms. The van der Waals surface area contributed by atoms with Gasteiger partial charge in [-0.1, -0.05) is 18.2 Å². The topological polar surface area (TPSA) is 76.7 Å². The highest BCUT2D eigenvalue weighted by molar-refractivity contribution is 6.03. The molecular formula is C16H13N3O2. The monoisotopic (exact) mass is 279 g/mol. The van der Waals surface area contributed by atoms with Crippen LogP contribution in [0.25, 0.3) is 0 Å². The maximum absolute atomic E-state index is 11.3. The summed E-state index contributed by atoms with van der Waals surface area (Å²) in [7, 11) is 0. The number of amidine groups is 1. The van der Waals surface area contributed by atoms with Gasteiger partial charge in [-0.2, -0.15) is 5.26 Å². The Morgan fingerprint density at radius 1 is 1.43 bits per heavy atom. The van der Waals surface area contributed by atoms with Crippen LogP contribution in [-0.2, 0) is 10.3 Å². The van der Waals surface area contributed by atoms with Gasteiger partial charge in [0.05, 0.1) is 18.2 Å². The first kappa shape index (κ1) is 13.1. The van der Waals surface area contributed by atoms with E-state index in [0.29, 0.717) is 17.9 Å². The van der Waals surface area contributed by atoms with Crippen molar-refractivity contribution in [1.29, 1.82) is 5.26 Å². The predicted octanol–water partition coefficient (Wildman–Crippen LogP) is 2.03. The Morgan fingerprint density at radius 2 is 2.14 bits per heavy atom. The second-order valence-electron chi connectivity index (χ2n) is 5.24. The minimum absolute atomic E-state index is 0.230. The molecule has 1 aromatic carbocycles. The third-order valence-electron chi connectivity index (χ3n) is 3.75. The first-order valence-electron chi connectivity index (χ1n) is 6.53. The van der Waals surface area contributed by atoms with Crippen LogP contribution in [-0.4, -0.2) is 28.4 Å². The second kappa shape index (κ2) is 4.60. The Balaban J connectivity index is 1.97. The molecule has 0 saturated heterocycles. The van der Waals surface area contributed by atoms with Crippen LogP contribution in [0.5, 0.6) is 0 Å². The average Bonchev–Trinajstić information content (AvgIpc) is 2.84. The van der Waals surface area contributed by atoms with Gasteiger partial charge in [0.25, 0.3) is 0 Å². The van der Waals surface area contributed by atoms with E-state index in [-0.39, 0.29) is 5.70 Å². The van der Waals surface area contributed by atoms with Gasteiger partial charge < -0.3 is 10.0 Å². The molecule has 0 saturated carbocycles. The van der Waals surface area contributed by atoms with Crippen LogP contribution in [0.3, 0.4) is 0 Å². The summed E-state index contributed by atoms with van der Waals surface area (Å²) in [6.07, 6.45) is 5.08. The van der Waals surface area contributed by atoms with Crippen molar-refractivity contribution < 1.29 is 9.90 Å². The van der Waals surface area contributed by atoms with Gasteiger partial charge in [-0.05, 0) is 36.8 Å². The molecule has 1 unspecified atom stereocenters. The third-order valence-corrected chi connectivity index (χ3v) is 3.75. The lowest BCUT2D eigenvalue weighted by atomic mass is 9.92. The molecule has 0 radical (unpaired) electrons. The van der Waals surface area contributed by atoms with E-state index < -0.39 is 11.5 Å². The summed E-state index contributed by atoms with van der Waals surface area (Å²) >= 11 is 0. The highest BCUT2D eigenvalue weighted by atomic mass is 16.4. The Bertz CT molecular complexity index is 738. The van der Waals surface area contributed by atoms with Crippen molar-refractivity contribution in [2.45, 2.75) is 12.5 Å². The molecule has 1 atom stereocenters. The largest absolute Gasteiger partial charge is 0.477 e. The number of hydrogen-bond acceptors (Lipinski definition) is 4. The Labute approximate surface area is 122 Å². The molecule has 0 bridgehead atoms. The molecule has 0 aliphatic carbocycles. The zero-order valence-corrected chi connectivity index (χ0v) is 11.4. The molecule has 2 heterocycles. The molecule has 0 aromatic heterocycles. The number of benzene rings is 1. The molecular weight excluding hydrogens is 266 g/mol. The van der Waals surface area contributed by atoms with Crippen LogP contribution in [0.1, 0.15) is 18.1 Å². The first-order chi connectivity index (χ1) is 10.0. The van der Waals surface area contributed by atoms with Gasteiger partial charge in [0, 0.05) is 0 Å². The molecule has 0 spiro atoms. The number of hydrogen-bond donors (Lipinski definition) is 1. The average molecular weight is 279 g/mol. The fraction of sp³-hybridized carbons (Fsp3) is 0.188. The van der Waals surface area contributed by atoms with E-state index in [1.54, 1.807) is 35.3 Å². The van der Waals surface area contributed by atoms with Gasteiger partial charge in [-0.25, -0.2) is 4.79 Å². The summed E-state index contributed by atoms with van der Waals surface area (Å²) in [5, 5.41) is 18.1. The minimum atomic E-state index is -0.962. The predicted molar refractivity (Wildman–Crippen MR) is 77.5 cm³/mol. The second-order valence-corrected chi connectivity index (χ2v) is 5.24.